The van der Waals surface area contributed by atoms with Gasteiger partial charge in [0.15, 0.2) is 0 Å². The normalized spacial score (nSPS) is 16.0. The van der Waals surface area contributed by atoms with Gasteiger partial charge in [0.2, 0.25) is 0 Å². The van der Waals surface area contributed by atoms with Gasteiger partial charge in [-0.05, 0) is 26.7 Å². The molecule has 68 valence electrons. The molecule has 0 bridgehead atoms. The number of carbonyl (C=O) groups is 1. The first-order valence-corrected chi connectivity index (χ1v) is 4.17. The first kappa shape index (κ1) is 9.03. The lowest BCUT2D eigenvalue weighted by Gasteiger charge is -2.11. The number of carbonyl (C=O) groups excluding carboxylic acids is 1. The van der Waals surface area contributed by atoms with Crippen LogP contribution in [-0.2, 0) is 4.84 Å². The highest BCUT2D eigenvalue weighted by Gasteiger charge is 2.18. The van der Waals surface area contributed by atoms with E-state index in [1.54, 1.807) is 18.7 Å². The Morgan fingerprint density at radius 2 is 1.92 bits per heavy atom. The van der Waals surface area contributed by atoms with Crippen molar-refractivity contribution in [3.8, 4) is 0 Å². The number of rotatable bonds is 1. The summed E-state index contributed by atoms with van der Waals surface area (Å²) in [6, 6.07) is 0. The highest BCUT2D eigenvalue weighted by atomic mass is 16.7. The third kappa shape index (κ3) is 2.53. The van der Waals surface area contributed by atoms with Gasteiger partial charge in [-0.25, -0.2) is 4.79 Å². The van der Waals surface area contributed by atoms with Crippen molar-refractivity contribution in [2.75, 3.05) is 13.1 Å². The Morgan fingerprint density at radius 3 is 2.42 bits per heavy atom. The van der Waals surface area contributed by atoms with Crippen LogP contribution in [0.25, 0.3) is 0 Å². The quantitative estimate of drug-likeness (QED) is 0.341. The Bertz CT molecular complexity index is 191. The summed E-state index contributed by atoms with van der Waals surface area (Å²) in [5.74, 6) is 0. The maximum Gasteiger partial charge on any atom is 0.435 e. The average molecular weight is 170 g/mol. The van der Waals surface area contributed by atoms with Crippen molar-refractivity contribution in [2.24, 2.45) is 5.16 Å². The van der Waals surface area contributed by atoms with Crippen LogP contribution in [0.3, 0.4) is 0 Å². The standard InChI is InChI=1S/C8H14N2O2/c1-7(2)9-12-8(11)10-5-3-4-6-10/h3-6H2,1-2H3. The second-order valence-corrected chi connectivity index (χ2v) is 3.09. The zero-order valence-electron chi connectivity index (χ0n) is 7.54. The molecule has 12 heavy (non-hydrogen) atoms. The molecule has 1 amide bonds. The Labute approximate surface area is 72.2 Å². The van der Waals surface area contributed by atoms with Crippen molar-refractivity contribution in [3.63, 3.8) is 0 Å². The fraction of sp³-hybridized carbons (Fsp3) is 0.750. The van der Waals surface area contributed by atoms with Gasteiger partial charge in [0.25, 0.3) is 0 Å². The van der Waals surface area contributed by atoms with E-state index in [2.05, 4.69) is 9.99 Å². The monoisotopic (exact) mass is 170 g/mol. The van der Waals surface area contributed by atoms with Crippen LogP contribution < -0.4 is 0 Å². The van der Waals surface area contributed by atoms with Crippen LogP contribution in [0.4, 0.5) is 4.79 Å². The van der Waals surface area contributed by atoms with Crippen LogP contribution >= 0.6 is 0 Å². The van der Waals surface area contributed by atoms with Crippen LogP contribution in [-0.4, -0.2) is 29.8 Å². The second kappa shape index (κ2) is 4.09. The van der Waals surface area contributed by atoms with Crippen molar-refractivity contribution in [1.82, 2.24) is 4.90 Å². The van der Waals surface area contributed by atoms with Crippen molar-refractivity contribution in [3.05, 3.63) is 0 Å². The molecule has 0 aromatic heterocycles. The fourth-order valence-electron chi connectivity index (χ4n) is 1.09. The Kier molecular flexibility index (Phi) is 3.08. The summed E-state index contributed by atoms with van der Waals surface area (Å²) in [5, 5.41) is 3.59. The molecule has 4 heteroatoms. The van der Waals surface area contributed by atoms with E-state index in [9.17, 15) is 4.79 Å². The average Bonchev–Trinajstić information content (AvgIpc) is 2.51. The van der Waals surface area contributed by atoms with E-state index >= 15 is 0 Å². The number of amides is 1. The summed E-state index contributed by atoms with van der Waals surface area (Å²) in [6.07, 6.45) is 1.82. The molecule has 4 nitrogen and oxygen atoms in total. The van der Waals surface area contributed by atoms with Crippen LogP contribution in [0.2, 0.25) is 0 Å². The zero-order valence-corrected chi connectivity index (χ0v) is 7.54. The van der Waals surface area contributed by atoms with E-state index in [1.807, 2.05) is 0 Å². The molecule has 0 aromatic carbocycles. The largest absolute Gasteiger partial charge is 0.435 e. The molecular weight excluding hydrogens is 156 g/mol. The van der Waals surface area contributed by atoms with Gasteiger partial charge < -0.3 is 4.90 Å². The van der Waals surface area contributed by atoms with Gasteiger partial charge >= 0.3 is 6.09 Å². The highest BCUT2D eigenvalue weighted by molar-refractivity contribution is 5.79. The lowest BCUT2D eigenvalue weighted by Crippen LogP contribution is -2.27. The van der Waals surface area contributed by atoms with Gasteiger partial charge in [-0.2, -0.15) is 0 Å². The Hall–Kier alpha value is -1.06. The van der Waals surface area contributed by atoms with Crippen LogP contribution in [0.5, 0.6) is 0 Å². The minimum Gasteiger partial charge on any atom is -0.306 e. The Balaban J connectivity index is 2.32. The topological polar surface area (TPSA) is 41.9 Å². The summed E-state index contributed by atoms with van der Waals surface area (Å²) < 4.78 is 0. The molecule has 0 radical (unpaired) electrons. The minimum absolute atomic E-state index is 0.325. The van der Waals surface area contributed by atoms with E-state index in [1.165, 1.54) is 0 Å². The number of hydrogen-bond donors (Lipinski definition) is 0. The summed E-state index contributed by atoms with van der Waals surface area (Å²) in [5.41, 5.74) is 0.752. The van der Waals surface area contributed by atoms with Crippen LogP contribution in [0.1, 0.15) is 26.7 Å². The summed E-state index contributed by atoms with van der Waals surface area (Å²) in [4.78, 5) is 17.5. The van der Waals surface area contributed by atoms with Gasteiger partial charge in [-0.15, -0.1) is 0 Å². The molecule has 0 aliphatic carbocycles. The maximum atomic E-state index is 11.1. The van der Waals surface area contributed by atoms with E-state index in [-0.39, 0.29) is 6.09 Å². The van der Waals surface area contributed by atoms with Gasteiger partial charge in [0, 0.05) is 13.1 Å². The third-order valence-electron chi connectivity index (χ3n) is 1.67. The predicted molar refractivity (Wildman–Crippen MR) is 46.1 cm³/mol. The lowest BCUT2D eigenvalue weighted by atomic mass is 10.4. The number of hydrogen-bond acceptors (Lipinski definition) is 3. The maximum absolute atomic E-state index is 11.1. The van der Waals surface area contributed by atoms with Crippen molar-refractivity contribution in [2.45, 2.75) is 26.7 Å². The molecular formula is C8H14N2O2. The highest BCUT2D eigenvalue weighted by Crippen LogP contribution is 2.08. The number of likely N-dealkylation sites (tertiary alicyclic amines) is 1. The van der Waals surface area contributed by atoms with Crippen LogP contribution in [0, 0.1) is 0 Å². The molecule has 0 saturated carbocycles. The summed E-state index contributed by atoms with van der Waals surface area (Å²) >= 11 is 0. The lowest BCUT2D eigenvalue weighted by molar-refractivity contribution is 0.114. The summed E-state index contributed by atoms with van der Waals surface area (Å²) in [7, 11) is 0. The summed E-state index contributed by atoms with van der Waals surface area (Å²) in [6.45, 7) is 5.18. The molecule has 0 unspecified atom stereocenters. The first-order chi connectivity index (χ1) is 5.70. The molecule has 1 aliphatic heterocycles. The van der Waals surface area contributed by atoms with Crippen molar-refractivity contribution in [1.29, 1.82) is 0 Å². The van der Waals surface area contributed by atoms with E-state index in [4.69, 9.17) is 0 Å². The molecule has 1 saturated heterocycles. The zero-order chi connectivity index (χ0) is 8.97. The van der Waals surface area contributed by atoms with Gasteiger partial charge in [0.1, 0.15) is 0 Å². The molecule has 1 heterocycles. The third-order valence-corrected chi connectivity index (χ3v) is 1.67. The fourth-order valence-corrected chi connectivity index (χ4v) is 1.09. The predicted octanol–water partition coefficient (Wildman–Crippen LogP) is 1.61. The number of oxime groups is 1. The van der Waals surface area contributed by atoms with Gasteiger partial charge in [0.05, 0.1) is 5.71 Å². The van der Waals surface area contributed by atoms with Crippen molar-refractivity contribution >= 4 is 11.8 Å². The minimum atomic E-state index is -0.325. The SMILES string of the molecule is CC(C)=NOC(=O)N1CCCC1. The molecule has 1 aliphatic rings. The van der Waals surface area contributed by atoms with E-state index in [0.717, 1.165) is 31.6 Å². The van der Waals surface area contributed by atoms with Gasteiger partial charge in [-0.1, -0.05) is 5.16 Å². The number of nitrogens with zero attached hydrogens (tertiary/aromatic N) is 2. The molecule has 0 aromatic rings. The molecule has 1 fully saturated rings. The molecule has 0 atom stereocenters. The molecule has 0 N–H and O–H groups in total. The second-order valence-electron chi connectivity index (χ2n) is 3.09. The van der Waals surface area contributed by atoms with E-state index in [0.29, 0.717) is 0 Å². The first-order valence-electron chi connectivity index (χ1n) is 4.17. The van der Waals surface area contributed by atoms with Crippen molar-refractivity contribution < 1.29 is 9.63 Å². The Morgan fingerprint density at radius 1 is 1.33 bits per heavy atom. The van der Waals surface area contributed by atoms with Crippen LogP contribution in [0.15, 0.2) is 5.16 Å². The smallest absolute Gasteiger partial charge is 0.306 e. The van der Waals surface area contributed by atoms with Gasteiger partial charge in [-0.3, -0.25) is 4.84 Å². The molecule has 1 rings (SSSR count). The molecule has 0 spiro atoms. The van der Waals surface area contributed by atoms with E-state index < -0.39 is 0 Å².